The molecule has 4 aliphatic heterocycles. The number of hydrogen-bond acceptors (Lipinski definition) is 12. The van der Waals surface area contributed by atoms with Crippen molar-refractivity contribution < 1.29 is 47.7 Å². The van der Waals surface area contributed by atoms with Crippen molar-refractivity contribution in [3.8, 4) is 0 Å². The van der Waals surface area contributed by atoms with Crippen LogP contribution in [0.4, 0.5) is 0 Å². The van der Waals surface area contributed by atoms with E-state index in [0.717, 1.165) is 25.3 Å². The molecule has 0 saturated carbocycles. The maximum Gasteiger partial charge on any atom is 0.355 e. The maximum absolute atomic E-state index is 15.0. The number of carbonyl (C=O) groups is 6. The zero-order valence-electron chi connectivity index (χ0n) is 28.0. The first-order valence-electron chi connectivity index (χ1n) is 16.4. The Balaban J connectivity index is 1.54. The highest BCUT2D eigenvalue weighted by Crippen LogP contribution is 2.67. The van der Waals surface area contributed by atoms with E-state index in [2.05, 4.69) is 0 Å². The molecule has 3 aromatic rings. The molecule has 0 unspecified atom stereocenters. The first-order chi connectivity index (χ1) is 24.7. The lowest BCUT2D eigenvalue weighted by molar-refractivity contribution is -0.158. The van der Waals surface area contributed by atoms with Gasteiger partial charge in [-0.3, -0.25) is 24.1 Å². The molecular weight excluding hydrogens is 656 g/mol. The monoisotopic (exact) mass is 688 g/mol. The van der Waals surface area contributed by atoms with Gasteiger partial charge < -0.3 is 23.8 Å². The summed E-state index contributed by atoms with van der Waals surface area (Å²) in [7, 11) is 4.62. The lowest BCUT2D eigenvalue weighted by Gasteiger charge is -2.55. The molecule has 0 amide bonds. The quantitative estimate of drug-likeness (QED) is 0.225. The average molecular weight is 689 g/mol. The van der Waals surface area contributed by atoms with Crippen molar-refractivity contribution in [1.29, 1.82) is 0 Å². The molecule has 12 nitrogen and oxygen atoms in total. The molecule has 1 aliphatic carbocycles. The number of benzene rings is 3. The van der Waals surface area contributed by atoms with E-state index in [4.69, 9.17) is 18.9 Å². The average Bonchev–Trinajstić information content (AvgIpc) is 3.61. The van der Waals surface area contributed by atoms with Crippen molar-refractivity contribution in [2.24, 2.45) is 11.3 Å². The van der Waals surface area contributed by atoms with Crippen LogP contribution in [0, 0.1) is 11.3 Å². The molecule has 51 heavy (non-hydrogen) atoms. The van der Waals surface area contributed by atoms with E-state index in [1.54, 1.807) is 40.3 Å². The number of Topliss-reactive ketones (excluding diaryl/α,β-unsaturated/α-hetero) is 2. The van der Waals surface area contributed by atoms with E-state index in [0.29, 0.717) is 11.1 Å². The molecule has 1 spiro atoms. The smallest absolute Gasteiger partial charge is 0.355 e. The fourth-order valence-corrected chi connectivity index (χ4v) is 9.43. The molecule has 8 rings (SSSR count). The highest BCUT2D eigenvalue weighted by molar-refractivity contribution is 6.32. The Bertz CT molecular complexity index is 2120. The molecule has 4 heterocycles. The number of esters is 4. The molecular formula is C39H32N2O10. The first-order valence-corrected chi connectivity index (χ1v) is 16.4. The number of ketones is 2. The minimum Gasteiger partial charge on any atom is -0.469 e. The number of hydrogen-bond donors (Lipinski definition) is 0. The Kier molecular flexibility index (Phi) is 7.35. The Morgan fingerprint density at radius 2 is 1.22 bits per heavy atom. The third-order valence-corrected chi connectivity index (χ3v) is 11.2. The summed E-state index contributed by atoms with van der Waals surface area (Å²) in [6, 6.07) is 16.2. The zero-order chi connectivity index (χ0) is 35.9. The summed E-state index contributed by atoms with van der Waals surface area (Å²) in [5.74, 6) is -7.44. The predicted molar refractivity (Wildman–Crippen MR) is 178 cm³/mol. The van der Waals surface area contributed by atoms with Crippen molar-refractivity contribution in [2.75, 3.05) is 28.4 Å². The van der Waals surface area contributed by atoms with Gasteiger partial charge in [0, 0.05) is 23.2 Å². The molecule has 0 aromatic heterocycles. The van der Waals surface area contributed by atoms with Crippen molar-refractivity contribution in [3.05, 3.63) is 124 Å². The van der Waals surface area contributed by atoms with Gasteiger partial charge >= 0.3 is 23.9 Å². The van der Waals surface area contributed by atoms with Gasteiger partial charge in [0.1, 0.15) is 23.1 Å². The summed E-state index contributed by atoms with van der Waals surface area (Å²) >= 11 is 0. The lowest BCUT2D eigenvalue weighted by atomic mass is 9.62. The Morgan fingerprint density at radius 3 is 1.82 bits per heavy atom. The van der Waals surface area contributed by atoms with Crippen molar-refractivity contribution >= 4 is 41.5 Å². The molecule has 12 heteroatoms. The fourth-order valence-electron chi connectivity index (χ4n) is 9.43. The summed E-state index contributed by atoms with van der Waals surface area (Å²) in [4.78, 5) is 89.9. The minimum absolute atomic E-state index is 0.0987. The van der Waals surface area contributed by atoms with Gasteiger partial charge in [0.15, 0.2) is 11.6 Å². The highest BCUT2D eigenvalue weighted by atomic mass is 16.5. The Morgan fingerprint density at radius 1 is 0.647 bits per heavy atom. The molecule has 1 saturated heterocycles. The number of fused-ring (bicyclic) bond motifs is 12. The summed E-state index contributed by atoms with van der Waals surface area (Å²) in [5, 5.41) is 0. The Labute approximate surface area is 292 Å². The van der Waals surface area contributed by atoms with Crippen LogP contribution in [0.1, 0.15) is 61.0 Å². The van der Waals surface area contributed by atoms with Gasteiger partial charge in [0.25, 0.3) is 0 Å². The van der Waals surface area contributed by atoms with E-state index in [1.807, 2.05) is 42.5 Å². The van der Waals surface area contributed by atoms with Crippen molar-refractivity contribution in [1.82, 2.24) is 9.80 Å². The van der Waals surface area contributed by atoms with Crippen molar-refractivity contribution in [3.63, 3.8) is 0 Å². The topological polar surface area (TPSA) is 146 Å². The molecule has 5 aliphatic rings. The van der Waals surface area contributed by atoms with E-state index in [9.17, 15) is 19.2 Å². The van der Waals surface area contributed by atoms with Gasteiger partial charge in [-0.25, -0.2) is 9.59 Å². The van der Waals surface area contributed by atoms with Crippen LogP contribution in [0.2, 0.25) is 0 Å². The van der Waals surface area contributed by atoms with Gasteiger partial charge in [0.05, 0.1) is 52.1 Å². The Hall–Kier alpha value is -5.88. The van der Waals surface area contributed by atoms with E-state index >= 15 is 9.59 Å². The third kappa shape index (κ3) is 3.99. The number of nitrogens with zero attached hydrogens (tertiary/aromatic N) is 2. The van der Waals surface area contributed by atoms with E-state index in [-0.39, 0.29) is 22.4 Å². The number of carbonyl (C=O) groups excluding carboxylic acids is 6. The fraction of sp³-hybridized carbons (Fsp3) is 0.282. The van der Waals surface area contributed by atoms with Crippen LogP contribution < -0.4 is 0 Å². The molecule has 3 aromatic carbocycles. The largest absolute Gasteiger partial charge is 0.469 e. The molecule has 0 N–H and O–H groups in total. The number of ether oxygens (including phenoxy) is 4. The van der Waals surface area contributed by atoms with Crippen LogP contribution in [-0.4, -0.2) is 85.8 Å². The summed E-state index contributed by atoms with van der Waals surface area (Å²) in [6.07, 6.45) is 3.53. The van der Waals surface area contributed by atoms with Crippen LogP contribution in [0.3, 0.4) is 0 Å². The maximum atomic E-state index is 15.0. The number of methoxy groups -OCH3 is 4. The van der Waals surface area contributed by atoms with Gasteiger partial charge in [0.2, 0.25) is 0 Å². The molecule has 1 fully saturated rings. The van der Waals surface area contributed by atoms with Crippen LogP contribution >= 0.6 is 0 Å². The van der Waals surface area contributed by atoms with E-state index < -0.39 is 76.9 Å². The predicted octanol–water partition coefficient (Wildman–Crippen LogP) is 3.55. The molecule has 0 radical (unpaired) electrons. The highest BCUT2D eigenvalue weighted by Gasteiger charge is 2.77. The third-order valence-electron chi connectivity index (χ3n) is 11.2. The van der Waals surface area contributed by atoms with Gasteiger partial charge in [-0.2, -0.15) is 0 Å². The molecule has 258 valence electrons. The van der Waals surface area contributed by atoms with Crippen LogP contribution in [0.5, 0.6) is 0 Å². The molecule has 6 atom stereocenters. The zero-order valence-corrected chi connectivity index (χ0v) is 28.0. The van der Waals surface area contributed by atoms with Gasteiger partial charge in [-0.1, -0.05) is 72.8 Å². The van der Waals surface area contributed by atoms with Crippen molar-refractivity contribution in [2.45, 2.75) is 30.1 Å². The van der Waals surface area contributed by atoms with Crippen LogP contribution in [0.25, 0.3) is 6.08 Å². The lowest BCUT2D eigenvalue weighted by Crippen LogP contribution is -2.59. The van der Waals surface area contributed by atoms with Gasteiger partial charge in [-0.15, -0.1) is 0 Å². The standard InChI is InChI=1S/C39H32N2O10/c1-48-35(44)26-29-25(28-20-12-6-5-11-19(20)17-18-40(28)30(26)37(46)50-3)21-13-7-8-14-22(21)32-39(33(42)23-15-9-10-16-24(23)34(39)43)27(36(45)49-2)31(41(29)32)38(47)51-4/h5-18,25,27-29,31-32H,1-4H3/t25-,27+,28+,29-,31-,32-/m0/s1. The number of rotatable bonds is 4. The summed E-state index contributed by atoms with van der Waals surface area (Å²) in [5.41, 5.74) is 0.487. The second kappa shape index (κ2) is 11.6. The van der Waals surface area contributed by atoms with Crippen LogP contribution in [0.15, 0.2) is 90.3 Å². The van der Waals surface area contributed by atoms with Crippen LogP contribution in [-0.2, 0) is 38.1 Å². The second-order valence-electron chi connectivity index (χ2n) is 13.0. The second-order valence-corrected chi connectivity index (χ2v) is 13.0. The normalized spacial score (nSPS) is 26.3. The summed E-state index contributed by atoms with van der Waals surface area (Å²) in [6.45, 7) is 0. The SMILES string of the molecule is COC(=O)C1=C(C(=O)OC)N2C=Cc3ccccc3[C@@H]2[C@@H]2c3ccccc3[C@@H]3N([C@H]12)[C@H](C(=O)OC)[C@H](C(=O)OC)C31C(=O)c2ccccc2C1=O. The minimum atomic E-state index is -2.22. The van der Waals surface area contributed by atoms with E-state index in [1.165, 1.54) is 26.4 Å². The van der Waals surface area contributed by atoms with Gasteiger partial charge in [-0.05, 0) is 28.3 Å². The first kappa shape index (κ1) is 32.3. The molecule has 0 bridgehead atoms. The summed E-state index contributed by atoms with van der Waals surface area (Å²) < 4.78 is 21.3.